The minimum absolute atomic E-state index is 0.458. The zero-order chi connectivity index (χ0) is 15.7. The predicted octanol–water partition coefficient (Wildman–Crippen LogP) is 2.96. The molecule has 2 aromatic rings. The van der Waals surface area contributed by atoms with Crippen LogP contribution in [0.4, 0.5) is 5.82 Å². The third-order valence-electron chi connectivity index (χ3n) is 4.63. The van der Waals surface area contributed by atoms with Gasteiger partial charge in [-0.25, -0.2) is 0 Å². The van der Waals surface area contributed by atoms with Crippen molar-refractivity contribution < 1.29 is 0 Å². The van der Waals surface area contributed by atoms with Gasteiger partial charge in [0.1, 0.15) is 5.82 Å². The number of fused-ring (bicyclic) bond motifs is 1. The van der Waals surface area contributed by atoms with Crippen molar-refractivity contribution in [1.29, 1.82) is 0 Å². The molecule has 1 aromatic heterocycles. The van der Waals surface area contributed by atoms with Gasteiger partial charge in [0.2, 0.25) is 0 Å². The van der Waals surface area contributed by atoms with Gasteiger partial charge in [0.25, 0.3) is 0 Å². The average molecular weight is 298 g/mol. The molecule has 0 fully saturated rings. The molecule has 0 aliphatic heterocycles. The van der Waals surface area contributed by atoms with Gasteiger partial charge in [-0.15, -0.1) is 0 Å². The van der Waals surface area contributed by atoms with Crippen molar-refractivity contribution in [3.8, 4) is 0 Å². The summed E-state index contributed by atoms with van der Waals surface area (Å²) < 4.78 is 1.97. The van der Waals surface area contributed by atoms with E-state index >= 15 is 0 Å². The smallest absolute Gasteiger partial charge is 0.130 e. The maximum absolute atomic E-state index is 4.58. The van der Waals surface area contributed by atoms with Gasteiger partial charge < -0.3 is 10.2 Å². The summed E-state index contributed by atoms with van der Waals surface area (Å²) in [7, 11) is 6.17. The predicted molar refractivity (Wildman–Crippen MR) is 91.2 cm³/mol. The number of hydrogen-bond donors (Lipinski definition) is 1. The molecular weight excluding hydrogens is 272 g/mol. The van der Waals surface area contributed by atoms with E-state index < -0.39 is 0 Å². The van der Waals surface area contributed by atoms with Gasteiger partial charge in [0, 0.05) is 39.3 Å². The van der Waals surface area contributed by atoms with Crippen molar-refractivity contribution in [2.24, 2.45) is 7.05 Å². The van der Waals surface area contributed by atoms with Crippen LogP contribution >= 0.6 is 0 Å². The summed E-state index contributed by atoms with van der Waals surface area (Å²) in [5.41, 5.74) is 5.39. The number of benzene rings is 1. The standard InChI is InChI=1S/C18H26N4/c1-13-16(18(21(2)3)22(4)20-13)12-19-17-11-7-9-14-8-5-6-10-15(14)17/h5-6,8,10,17,19H,7,9,11-12H2,1-4H3/t17-/m0/s1. The van der Waals surface area contributed by atoms with Crippen LogP contribution in [0, 0.1) is 6.92 Å². The molecule has 0 bridgehead atoms. The second-order valence-electron chi connectivity index (χ2n) is 6.43. The highest BCUT2D eigenvalue weighted by molar-refractivity contribution is 5.49. The molecule has 1 heterocycles. The molecule has 0 unspecified atom stereocenters. The van der Waals surface area contributed by atoms with Gasteiger partial charge in [0.05, 0.1) is 5.69 Å². The Morgan fingerprint density at radius 1 is 1.32 bits per heavy atom. The first-order chi connectivity index (χ1) is 10.6. The summed E-state index contributed by atoms with van der Waals surface area (Å²) >= 11 is 0. The first-order valence-corrected chi connectivity index (χ1v) is 8.09. The summed E-state index contributed by atoms with van der Waals surface area (Å²) in [6.07, 6.45) is 3.69. The molecule has 1 N–H and O–H groups in total. The molecule has 22 heavy (non-hydrogen) atoms. The van der Waals surface area contributed by atoms with Crippen LogP contribution in [0.1, 0.15) is 41.3 Å². The first kappa shape index (κ1) is 15.1. The molecule has 3 rings (SSSR count). The lowest BCUT2D eigenvalue weighted by Gasteiger charge is -2.27. The molecule has 4 heteroatoms. The summed E-state index contributed by atoms with van der Waals surface area (Å²) in [5, 5.41) is 8.34. The topological polar surface area (TPSA) is 33.1 Å². The number of nitrogens with zero attached hydrogens (tertiary/aromatic N) is 3. The SMILES string of the molecule is Cc1nn(C)c(N(C)C)c1CN[C@H]1CCCc2ccccc21. The normalized spacial score (nSPS) is 17.4. The second kappa shape index (κ2) is 6.13. The van der Waals surface area contributed by atoms with Crippen LogP contribution in [-0.2, 0) is 20.0 Å². The Labute approximate surface area is 133 Å². The Kier molecular flexibility index (Phi) is 4.21. The molecule has 1 aromatic carbocycles. The average Bonchev–Trinajstić information content (AvgIpc) is 2.79. The van der Waals surface area contributed by atoms with Crippen molar-refractivity contribution in [3.05, 3.63) is 46.6 Å². The summed E-state index contributed by atoms with van der Waals surface area (Å²) in [4.78, 5) is 2.14. The molecule has 1 atom stereocenters. The highest BCUT2D eigenvalue weighted by atomic mass is 15.4. The third-order valence-corrected chi connectivity index (χ3v) is 4.63. The molecule has 118 valence electrons. The Morgan fingerprint density at radius 2 is 2.09 bits per heavy atom. The monoisotopic (exact) mass is 298 g/mol. The largest absolute Gasteiger partial charge is 0.363 e. The van der Waals surface area contributed by atoms with Gasteiger partial charge in [-0.3, -0.25) is 4.68 Å². The van der Waals surface area contributed by atoms with Crippen LogP contribution in [0.3, 0.4) is 0 Å². The van der Waals surface area contributed by atoms with Crippen LogP contribution in [0.25, 0.3) is 0 Å². The lowest BCUT2D eigenvalue weighted by molar-refractivity contribution is 0.458. The Morgan fingerprint density at radius 3 is 2.86 bits per heavy atom. The van der Waals surface area contributed by atoms with E-state index in [2.05, 4.69) is 60.6 Å². The molecule has 4 nitrogen and oxygen atoms in total. The van der Waals surface area contributed by atoms with E-state index in [0.29, 0.717) is 6.04 Å². The van der Waals surface area contributed by atoms with Gasteiger partial charge >= 0.3 is 0 Å². The van der Waals surface area contributed by atoms with Crippen LogP contribution in [0.5, 0.6) is 0 Å². The lowest BCUT2D eigenvalue weighted by atomic mass is 9.87. The van der Waals surface area contributed by atoms with Gasteiger partial charge in [-0.2, -0.15) is 5.10 Å². The first-order valence-electron chi connectivity index (χ1n) is 8.09. The van der Waals surface area contributed by atoms with Crippen molar-refractivity contribution in [2.45, 2.75) is 38.8 Å². The number of hydrogen-bond acceptors (Lipinski definition) is 3. The quantitative estimate of drug-likeness (QED) is 0.942. The van der Waals surface area contributed by atoms with Crippen molar-refractivity contribution in [1.82, 2.24) is 15.1 Å². The molecular formula is C18H26N4. The maximum atomic E-state index is 4.58. The van der Waals surface area contributed by atoms with E-state index in [-0.39, 0.29) is 0 Å². The summed E-state index contributed by atoms with van der Waals surface area (Å²) in [6, 6.07) is 9.30. The van der Waals surface area contributed by atoms with E-state index in [0.717, 1.165) is 12.2 Å². The highest BCUT2D eigenvalue weighted by Crippen LogP contribution is 2.30. The number of nitrogens with one attached hydrogen (secondary N) is 1. The molecule has 0 radical (unpaired) electrons. The van der Waals surface area contributed by atoms with E-state index in [9.17, 15) is 0 Å². The van der Waals surface area contributed by atoms with Gasteiger partial charge in [-0.05, 0) is 37.3 Å². The third kappa shape index (κ3) is 2.75. The molecule has 0 saturated heterocycles. The fraction of sp³-hybridized carbons (Fsp3) is 0.500. The number of anilines is 1. The number of aryl methyl sites for hydroxylation is 3. The maximum Gasteiger partial charge on any atom is 0.130 e. The van der Waals surface area contributed by atoms with Crippen molar-refractivity contribution in [2.75, 3.05) is 19.0 Å². The van der Waals surface area contributed by atoms with E-state index in [1.807, 2.05) is 11.7 Å². The van der Waals surface area contributed by atoms with Gasteiger partial charge in [-0.1, -0.05) is 24.3 Å². The Bertz CT molecular complexity index is 657. The summed E-state index contributed by atoms with van der Waals surface area (Å²) in [6.45, 7) is 2.96. The molecule has 0 spiro atoms. The van der Waals surface area contributed by atoms with Crippen molar-refractivity contribution >= 4 is 5.82 Å². The minimum atomic E-state index is 0.458. The van der Waals surface area contributed by atoms with E-state index in [1.54, 1.807) is 0 Å². The number of rotatable bonds is 4. The summed E-state index contributed by atoms with van der Waals surface area (Å²) in [5.74, 6) is 1.19. The van der Waals surface area contributed by atoms with E-state index in [1.165, 1.54) is 41.8 Å². The Hall–Kier alpha value is -1.81. The Balaban J connectivity index is 1.80. The zero-order valence-corrected chi connectivity index (χ0v) is 14.1. The van der Waals surface area contributed by atoms with Crippen molar-refractivity contribution in [3.63, 3.8) is 0 Å². The van der Waals surface area contributed by atoms with Crippen LogP contribution in [-0.4, -0.2) is 23.9 Å². The molecule has 1 aliphatic rings. The van der Waals surface area contributed by atoms with Crippen LogP contribution < -0.4 is 10.2 Å². The molecule has 0 saturated carbocycles. The highest BCUT2D eigenvalue weighted by Gasteiger charge is 2.21. The molecule has 1 aliphatic carbocycles. The van der Waals surface area contributed by atoms with Crippen LogP contribution in [0.2, 0.25) is 0 Å². The van der Waals surface area contributed by atoms with E-state index in [4.69, 9.17) is 0 Å². The fourth-order valence-electron chi connectivity index (χ4n) is 3.65. The minimum Gasteiger partial charge on any atom is -0.363 e. The van der Waals surface area contributed by atoms with Gasteiger partial charge in [0.15, 0.2) is 0 Å². The fourth-order valence-corrected chi connectivity index (χ4v) is 3.65. The molecule has 0 amide bonds. The van der Waals surface area contributed by atoms with Crippen LogP contribution in [0.15, 0.2) is 24.3 Å². The second-order valence-corrected chi connectivity index (χ2v) is 6.43. The lowest BCUT2D eigenvalue weighted by Crippen LogP contribution is -2.26. The zero-order valence-electron chi connectivity index (χ0n) is 14.1. The number of aromatic nitrogens is 2.